The van der Waals surface area contributed by atoms with Crippen LogP contribution in [0.3, 0.4) is 0 Å². The topological polar surface area (TPSA) is 43.6 Å². The van der Waals surface area contributed by atoms with Gasteiger partial charge >= 0.3 is 0 Å². The fourth-order valence-corrected chi connectivity index (χ4v) is 3.24. The molecule has 0 aliphatic heterocycles. The van der Waals surface area contributed by atoms with Gasteiger partial charge in [0.05, 0.1) is 14.2 Å². The van der Waals surface area contributed by atoms with Crippen molar-refractivity contribution in [1.82, 2.24) is 5.32 Å². The lowest BCUT2D eigenvalue weighted by molar-refractivity contribution is 0.320. The van der Waals surface area contributed by atoms with E-state index in [1.54, 1.807) is 14.2 Å². The Kier molecular flexibility index (Phi) is 6.54. The summed E-state index contributed by atoms with van der Waals surface area (Å²) in [7, 11) is 3.32. The number of rotatable bonds is 9. The molecule has 4 heteroatoms. The second-order valence-electron chi connectivity index (χ2n) is 7.29. The number of benzene rings is 1. The molecule has 2 aromatic rings. The maximum absolute atomic E-state index is 5.82. The third-order valence-electron chi connectivity index (χ3n) is 4.58. The number of methoxy groups -OCH3 is 2. The molecule has 4 nitrogen and oxygen atoms in total. The average Bonchev–Trinajstić information content (AvgIpc) is 3.01. The van der Waals surface area contributed by atoms with Crippen molar-refractivity contribution in [3.8, 4) is 11.5 Å². The second kappa shape index (κ2) is 8.43. The van der Waals surface area contributed by atoms with E-state index in [-0.39, 0.29) is 5.41 Å². The van der Waals surface area contributed by atoms with Crippen LogP contribution in [0.1, 0.15) is 44.3 Å². The number of nitrogens with one attached hydrogen (secondary N) is 1. The van der Waals surface area contributed by atoms with Crippen LogP contribution in [-0.2, 0) is 11.8 Å². The molecular weight excluding hydrogens is 314 g/mol. The van der Waals surface area contributed by atoms with Crippen molar-refractivity contribution in [1.29, 1.82) is 0 Å². The highest BCUT2D eigenvalue weighted by molar-refractivity contribution is 5.42. The van der Waals surface area contributed by atoms with E-state index in [4.69, 9.17) is 13.9 Å². The molecule has 25 heavy (non-hydrogen) atoms. The fourth-order valence-electron chi connectivity index (χ4n) is 3.24. The van der Waals surface area contributed by atoms with Gasteiger partial charge in [0.1, 0.15) is 11.5 Å². The van der Waals surface area contributed by atoms with Gasteiger partial charge in [-0.3, -0.25) is 0 Å². The Morgan fingerprint density at radius 3 is 2.40 bits per heavy atom. The van der Waals surface area contributed by atoms with Crippen LogP contribution in [0.2, 0.25) is 0 Å². The Bertz CT molecular complexity index is 676. The molecule has 1 atom stereocenters. The Labute approximate surface area is 151 Å². The van der Waals surface area contributed by atoms with Gasteiger partial charge in [-0.15, -0.1) is 0 Å². The first kappa shape index (κ1) is 19.4. The molecule has 1 aromatic heterocycles. The number of furan rings is 1. The summed E-state index contributed by atoms with van der Waals surface area (Å²) >= 11 is 0. The third-order valence-corrected chi connectivity index (χ3v) is 4.58. The smallest absolute Gasteiger partial charge is 0.160 e. The lowest BCUT2D eigenvalue weighted by atomic mass is 9.83. The van der Waals surface area contributed by atoms with E-state index in [1.165, 1.54) is 5.56 Å². The minimum atomic E-state index is 0.0179. The normalized spacial score (nSPS) is 12.9. The van der Waals surface area contributed by atoms with Gasteiger partial charge in [-0.2, -0.15) is 0 Å². The molecule has 2 rings (SSSR count). The molecule has 0 unspecified atom stereocenters. The molecule has 0 fully saturated rings. The average molecular weight is 345 g/mol. The molecule has 0 saturated heterocycles. The summed E-state index contributed by atoms with van der Waals surface area (Å²) in [6.45, 7) is 9.61. The van der Waals surface area contributed by atoms with Crippen molar-refractivity contribution < 1.29 is 13.9 Å². The molecule has 1 heterocycles. The van der Waals surface area contributed by atoms with Gasteiger partial charge in [0.15, 0.2) is 11.5 Å². The van der Waals surface area contributed by atoms with Crippen LogP contribution in [0, 0.1) is 6.92 Å². The summed E-state index contributed by atoms with van der Waals surface area (Å²) < 4.78 is 16.5. The van der Waals surface area contributed by atoms with Crippen molar-refractivity contribution in [2.24, 2.45) is 0 Å². The lowest BCUT2D eigenvalue weighted by Crippen LogP contribution is -2.34. The first-order valence-corrected chi connectivity index (χ1v) is 8.87. The van der Waals surface area contributed by atoms with Gasteiger partial charge in [-0.25, -0.2) is 0 Å². The number of hydrogen-bond acceptors (Lipinski definition) is 4. The third kappa shape index (κ3) is 5.27. The molecule has 0 bridgehead atoms. The molecule has 0 aliphatic rings. The maximum atomic E-state index is 5.82. The number of hydrogen-bond donors (Lipinski definition) is 1. The first-order valence-electron chi connectivity index (χ1n) is 8.87. The minimum Gasteiger partial charge on any atom is -0.493 e. The predicted octanol–water partition coefficient (Wildman–Crippen LogP) is 4.49. The van der Waals surface area contributed by atoms with Crippen LogP contribution in [0.5, 0.6) is 11.5 Å². The SMILES string of the molecule is COc1ccc(CCN[C@H](C)CC(C)(C)c2ccc(C)o2)cc1OC. The standard InChI is InChI=1S/C21H31NO3/c1-15(14-21(3,4)20-10-7-16(2)25-20)22-12-11-17-8-9-18(23-5)19(13-17)24-6/h7-10,13,15,22H,11-12,14H2,1-6H3/t15-/m1/s1. The monoisotopic (exact) mass is 345 g/mol. The first-order chi connectivity index (χ1) is 11.9. The van der Waals surface area contributed by atoms with Gasteiger partial charge in [0.2, 0.25) is 0 Å². The molecule has 1 aromatic carbocycles. The van der Waals surface area contributed by atoms with E-state index in [1.807, 2.05) is 25.1 Å². The zero-order valence-corrected chi connectivity index (χ0v) is 16.3. The van der Waals surface area contributed by atoms with E-state index in [0.29, 0.717) is 6.04 Å². The Hall–Kier alpha value is -1.94. The van der Waals surface area contributed by atoms with Crippen molar-refractivity contribution in [2.75, 3.05) is 20.8 Å². The molecular formula is C21H31NO3. The molecule has 0 saturated carbocycles. The molecule has 0 amide bonds. The van der Waals surface area contributed by atoms with E-state index in [0.717, 1.165) is 42.4 Å². The Balaban J connectivity index is 1.85. The van der Waals surface area contributed by atoms with E-state index < -0.39 is 0 Å². The van der Waals surface area contributed by atoms with Gasteiger partial charge in [-0.1, -0.05) is 19.9 Å². The summed E-state index contributed by atoms with van der Waals surface area (Å²) in [4.78, 5) is 0. The lowest BCUT2D eigenvalue weighted by Gasteiger charge is -2.26. The molecule has 138 valence electrons. The van der Waals surface area contributed by atoms with Gasteiger partial charge in [0.25, 0.3) is 0 Å². The highest BCUT2D eigenvalue weighted by atomic mass is 16.5. The summed E-state index contributed by atoms with van der Waals surface area (Å²) in [5.41, 5.74) is 1.25. The summed E-state index contributed by atoms with van der Waals surface area (Å²) in [5, 5.41) is 3.62. The Morgan fingerprint density at radius 2 is 1.80 bits per heavy atom. The van der Waals surface area contributed by atoms with E-state index in [2.05, 4.69) is 38.2 Å². The predicted molar refractivity (Wildman–Crippen MR) is 102 cm³/mol. The largest absolute Gasteiger partial charge is 0.493 e. The Morgan fingerprint density at radius 1 is 1.08 bits per heavy atom. The number of ether oxygens (including phenoxy) is 2. The van der Waals surface area contributed by atoms with Crippen LogP contribution in [0.25, 0.3) is 0 Å². The molecule has 0 spiro atoms. The van der Waals surface area contributed by atoms with Gasteiger partial charge in [0, 0.05) is 11.5 Å². The van der Waals surface area contributed by atoms with Crippen LogP contribution in [-0.4, -0.2) is 26.8 Å². The van der Waals surface area contributed by atoms with Gasteiger partial charge < -0.3 is 19.2 Å². The van der Waals surface area contributed by atoms with Crippen LogP contribution >= 0.6 is 0 Å². The van der Waals surface area contributed by atoms with Gasteiger partial charge in [-0.05, 0) is 63.1 Å². The minimum absolute atomic E-state index is 0.0179. The van der Waals surface area contributed by atoms with Crippen molar-refractivity contribution in [2.45, 2.75) is 52.0 Å². The molecule has 1 N–H and O–H groups in total. The summed E-state index contributed by atoms with van der Waals surface area (Å²) in [6.07, 6.45) is 1.97. The molecule has 0 aliphatic carbocycles. The van der Waals surface area contributed by atoms with E-state index >= 15 is 0 Å². The fraction of sp³-hybridized carbons (Fsp3) is 0.524. The van der Waals surface area contributed by atoms with Crippen LogP contribution < -0.4 is 14.8 Å². The summed E-state index contributed by atoms with van der Waals surface area (Å²) in [6, 6.07) is 10.6. The zero-order valence-electron chi connectivity index (χ0n) is 16.3. The quantitative estimate of drug-likeness (QED) is 0.727. The number of aryl methyl sites for hydroxylation is 1. The summed E-state index contributed by atoms with van der Waals surface area (Å²) in [5.74, 6) is 3.57. The van der Waals surface area contributed by atoms with Crippen molar-refractivity contribution in [3.05, 3.63) is 47.4 Å². The highest BCUT2D eigenvalue weighted by Crippen LogP contribution is 2.30. The van der Waals surface area contributed by atoms with Crippen LogP contribution in [0.4, 0.5) is 0 Å². The van der Waals surface area contributed by atoms with Crippen molar-refractivity contribution in [3.63, 3.8) is 0 Å². The molecule has 0 radical (unpaired) electrons. The van der Waals surface area contributed by atoms with Crippen LogP contribution in [0.15, 0.2) is 34.7 Å². The van der Waals surface area contributed by atoms with Crippen molar-refractivity contribution >= 4 is 0 Å². The maximum Gasteiger partial charge on any atom is 0.160 e. The highest BCUT2D eigenvalue weighted by Gasteiger charge is 2.26. The zero-order chi connectivity index (χ0) is 18.4. The van der Waals surface area contributed by atoms with E-state index in [9.17, 15) is 0 Å². The second-order valence-corrected chi connectivity index (χ2v) is 7.29.